The number of rotatable bonds is 6. The summed E-state index contributed by atoms with van der Waals surface area (Å²) in [5.74, 6) is -0.496. The Morgan fingerprint density at radius 2 is 1.19 bits per heavy atom. The van der Waals surface area contributed by atoms with Crippen molar-refractivity contribution in [1.29, 1.82) is 0 Å². The summed E-state index contributed by atoms with van der Waals surface area (Å²) >= 11 is 0. The van der Waals surface area contributed by atoms with E-state index in [1.54, 1.807) is 60.1 Å². The molecular formula is C16H18N8O2. The number of hydrogen-bond acceptors (Lipinski definition) is 6. The maximum atomic E-state index is 12.1. The maximum Gasteiger partial charge on any atom is 0.251 e. The van der Waals surface area contributed by atoms with Gasteiger partial charge >= 0.3 is 0 Å². The standard InChI is InChI=1S/C16H18N8O2/c1-23-9-13(19-21-23)7-17-15(25)11-3-5-12(6-4-11)16(26)18-8-14-10-24(2)22-20-14/h3-6,9-10H,7-8H2,1-2H3,(H,17,25)(H,18,26). The molecule has 0 aliphatic carbocycles. The van der Waals surface area contributed by atoms with Crippen LogP contribution in [0.15, 0.2) is 36.7 Å². The van der Waals surface area contributed by atoms with Gasteiger partial charge in [-0.2, -0.15) is 0 Å². The predicted octanol–water partition coefficient (Wildman–Crippen LogP) is -0.196. The third kappa shape index (κ3) is 4.29. The van der Waals surface area contributed by atoms with Crippen molar-refractivity contribution in [3.63, 3.8) is 0 Å². The highest BCUT2D eigenvalue weighted by Crippen LogP contribution is 2.05. The molecule has 1 aromatic carbocycles. The van der Waals surface area contributed by atoms with Crippen molar-refractivity contribution in [3.8, 4) is 0 Å². The molecule has 0 saturated carbocycles. The van der Waals surface area contributed by atoms with Gasteiger partial charge in [-0.1, -0.05) is 10.4 Å². The summed E-state index contributed by atoms with van der Waals surface area (Å²) in [5, 5.41) is 20.9. The Kier molecular flexibility index (Phi) is 5.02. The summed E-state index contributed by atoms with van der Waals surface area (Å²) in [7, 11) is 3.51. The number of carbonyl (C=O) groups excluding carboxylic acids is 2. The lowest BCUT2D eigenvalue weighted by Gasteiger charge is -2.06. The molecule has 0 radical (unpaired) electrons. The van der Waals surface area contributed by atoms with E-state index in [4.69, 9.17) is 0 Å². The van der Waals surface area contributed by atoms with Gasteiger partial charge in [-0.05, 0) is 24.3 Å². The molecule has 0 aliphatic rings. The van der Waals surface area contributed by atoms with Crippen LogP contribution in [0, 0.1) is 0 Å². The molecule has 3 rings (SSSR count). The first-order valence-corrected chi connectivity index (χ1v) is 7.88. The predicted molar refractivity (Wildman–Crippen MR) is 90.8 cm³/mol. The van der Waals surface area contributed by atoms with Crippen LogP contribution in [0.3, 0.4) is 0 Å². The van der Waals surface area contributed by atoms with Crippen molar-refractivity contribution in [3.05, 3.63) is 59.2 Å². The van der Waals surface area contributed by atoms with E-state index >= 15 is 0 Å². The minimum atomic E-state index is -0.248. The van der Waals surface area contributed by atoms with Crippen LogP contribution >= 0.6 is 0 Å². The highest BCUT2D eigenvalue weighted by molar-refractivity contribution is 5.97. The van der Waals surface area contributed by atoms with E-state index in [1.807, 2.05) is 0 Å². The third-order valence-corrected chi connectivity index (χ3v) is 3.57. The Morgan fingerprint density at radius 1 is 0.808 bits per heavy atom. The first kappa shape index (κ1) is 17.3. The molecule has 0 fully saturated rings. The second-order valence-electron chi connectivity index (χ2n) is 5.71. The number of hydrogen-bond donors (Lipinski definition) is 2. The van der Waals surface area contributed by atoms with Gasteiger partial charge in [-0.25, -0.2) is 0 Å². The fourth-order valence-corrected chi connectivity index (χ4v) is 2.27. The monoisotopic (exact) mass is 354 g/mol. The van der Waals surface area contributed by atoms with Gasteiger partial charge in [0.1, 0.15) is 11.4 Å². The van der Waals surface area contributed by atoms with E-state index in [9.17, 15) is 9.59 Å². The normalized spacial score (nSPS) is 10.5. The Morgan fingerprint density at radius 3 is 1.50 bits per heavy atom. The van der Waals surface area contributed by atoms with Crippen molar-refractivity contribution in [2.24, 2.45) is 14.1 Å². The Hall–Kier alpha value is -3.56. The molecule has 2 N–H and O–H groups in total. The Bertz CT molecular complexity index is 837. The van der Waals surface area contributed by atoms with Crippen LogP contribution in [0.5, 0.6) is 0 Å². The molecule has 2 heterocycles. The zero-order chi connectivity index (χ0) is 18.5. The van der Waals surface area contributed by atoms with Gasteiger partial charge < -0.3 is 10.6 Å². The summed E-state index contributed by atoms with van der Waals surface area (Å²) in [6.07, 6.45) is 3.45. The molecule has 2 aromatic heterocycles. The zero-order valence-electron chi connectivity index (χ0n) is 14.4. The van der Waals surface area contributed by atoms with E-state index in [2.05, 4.69) is 31.3 Å². The maximum absolute atomic E-state index is 12.1. The Labute approximate surface area is 149 Å². The summed E-state index contributed by atoms with van der Waals surface area (Å²) in [5.41, 5.74) is 2.25. The highest BCUT2D eigenvalue weighted by Gasteiger charge is 2.10. The summed E-state index contributed by atoms with van der Waals surface area (Å²) in [4.78, 5) is 24.3. The molecule has 0 atom stereocenters. The SMILES string of the molecule is Cn1cc(CNC(=O)c2ccc(C(=O)NCc3cn(C)nn3)cc2)nn1. The van der Waals surface area contributed by atoms with Gasteiger partial charge in [0.2, 0.25) is 0 Å². The fraction of sp³-hybridized carbons (Fsp3) is 0.250. The quantitative estimate of drug-likeness (QED) is 0.633. The number of benzene rings is 1. The van der Waals surface area contributed by atoms with E-state index in [0.717, 1.165) is 0 Å². The number of aryl methyl sites for hydroxylation is 2. The average Bonchev–Trinajstić information content (AvgIpc) is 3.25. The molecule has 0 bridgehead atoms. The van der Waals surface area contributed by atoms with Crippen molar-refractivity contribution < 1.29 is 9.59 Å². The van der Waals surface area contributed by atoms with Crippen LogP contribution in [0.1, 0.15) is 32.1 Å². The molecule has 10 heteroatoms. The Balaban J connectivity index is 1.53. The van der Waals surface area contributed by atoms with Gasteiger partial charge in [-0.3, -0.25) is 19.0 Å². The van der Waals surface area contributed by atoms with Crippen LogP contribution in [0.25, 0.3) is 0 Å². The van der Waals surface area contributed by atoms with E-state index < -0.39 is 0 Å². The van der Waals surface area contributed by atoms with Crippen LogP contribution in [0.2, 0.25) is 0 Å². The molecular weight excluding hydrogens is 336 g/mol. The summed E-state index contributed by atoms with van der Waals surface area (Å²) in [6.45, 7) is 0.569. The first-order chi connectivity index (χ1) is 12.5. The van der Waals surface area contributed by atoms with Crippen molar-refractivity contribution >= 4 is 11.8 Å². The van der Waals surface area contributed by atoms with Gasteiger partial charge in [0, 0.05) is 37.6 Å². The number of nitrogens with one attached hydrogen (secondary N) is 2. The molecule has 26 heavy (non-hydrogen) atoms. The highest BCUT2D eigenvalue weighted by atomic mass is 16.2. The minimum Gasteiger partial charge on any atom is -0.346 e. The molecule has 10 nitrogen and oxygen atoms in total. The average molecular weight is 354 g/mol. The van der Waals surface area contributed by atoms with Crippen molar-refractivity contribution in [2.45, 2.75) is 13.1 Å². The first-order valence-electron chi connectivity index (χ1n) is 7.88. The summed E-state index contributed by atoms with van der Waals surface area (Å²) < 4.78 is 3.13. The molecule has 3 aromatic rings. The van der Waals surface area contributed by atoms with Gasteiger partial charge in [0.15, 0.2) is 0 Å². The zero-order valence-corrected chi connectivity index (χ0v) is 14.4. The second kappa shape index (κ2) is 7.55. The lowest BCUT2D eigenvalue weighted by molar-refractivity contribution is 0.0938. The second-order valence-corrected chi connectivity index (χ2v) is 5.71. The third-order valence-electron chi connectivity index (χ3n) is 3.57. The number of aromatic nitrogens is 6. The lowest BCUT2D eigenvalue weighted by Crippen LogP contribution is -2.24. The fourth-order valence-electron chi connectivity index (χ4n) is 2.27. The smallest absolute Gasteiger partial charge is 0.251 e. The molecule has 0 unspecified atom stereocenters. The van der Waals surface area contributed by atoms with Crippen LogP contribution < -0.4 is 10.6 Å². The van der Waals surface area contributed by atoms with Gasteiger partial charge in [0.05, 0.1) is 13.1 Å². The molecule has 134 valence electrons. The molecule has 0 spiro atoms. The van der Waals surface area contributed by atoms with Gasteiger partial charge in [0.25, 0.3) is 11.8 Å². The summed E-state index contributed by atoms with van der Waals surface area (Å²) in [6, 6.07) is 6.40. The van der Waals surface area contributed by atoms with E-state index in [0.29, 0.717) is 22.5 Å². The minimum absolute atomic E-state index is 0.248. The number of carbonyl (C=O) groups is 2. The molecule has 2 amide bonds. The van der Waals surface area contributed by atoms with Crippen molar-refractivity contribution in [1.82, 2.24) is 40.6 Å². The largest absolute Gasteiger partial charge is 0.346 e. The van der Waals surface area contributed by atoms with Crippen LogP contribution in [-0.4, -0.2) is 41.8 Å². The van der Waals surface area contributed by atoms with Crippen LogP contribution in [0.4, 0.5) is 0 Å². The number of nitrogens with zero attached hydrogens (tertiary/aromatic N) is 6. The van der Waals surface area contributed by atoms with Crippen LogP contribution in [-0.2, 0) is 27.2 Å². The molecule has 0 saturated heterocycles. The van der Waals surface area contributed by atoms with E-state index in [1.165, 1.54) is 0 Å². The van der Waals surface area contributed by atoms with Gasteiger partial charge in [-0.15, -0.1) is 10.2 Å². The molecule has 0 aliphatic heterocycles. The number of amides is 2. The lowest BCUT2D eigenvalue weighted by atomic mass is 10.1. The topological polar surface area (TPSA) is 120 Å². The van der Waals surface area contributed by atoms with Crippen molar-refractivity contribution in [2.75, 3.05) is 0 Å². The van der Waals surface area contributed by atoms with E-state index in [-0.39, 0.29) is 24.9 Å².